The molecule has 1 aromatic rings. The van der Waals surface area contributed by atoms with Crippen molar-refractivity contribution in [3.63, 3.8) is 0 Å². The van der Waals surface area contributed by atoms with E-state index < -0.39 is 12.1 Å². The lowest BCUT2D eigenvalue weighted by molar-refractivity contribution is 0.248. The van der Waals surface area contributed by atoms with Crippen LogP contribution in [0.15, 0.2) is 24.3 Å². The van der Waals surface area contributed by atoms with E-state index in [1.165, 1.54) is 0 Å². The number of nitrogens with one attached hydrogen (secondary N) is 2. The molecule has 0 atom stereocenters. The van der Waals surface area contributed by atoms with Crippen molar-refractivity contribution in [3.8, 4) is 0 Å². The summed E-state index contributed by atoms with van der Waals surface area (Å²) < 4.78 is 0. The van der Waals surface area contributed by atoms with Crippen LogP contribution in [0.25, 0.3) is 0 Å². The van der Waals surface area contributed by atoms with Crippen molar-refractivity contribution in [2.24, 2.45) is 11.5 Å². The molecule has 0 aliphatic carbocycles. The van der Waals surface area contributed by atoms with E-state index in [4.69, 9.17) is 11.5 Å². The SMILES string of the molecule is NC(=O)NCc1cccc(CNC(N)=O)c1. The Morgan fingerprint density at radius 2 is 1.44 bits per heavy atom. The number of amides is 4. The fourth-order valence-electron chi connectivity index (χ4n) is 1.23. The maximum Gasteiger partial charge on any atom is 0.312 e. The molecule has 0 radical (unpaired) electrons. The number of primary amides is 2. The third-order valence-corrected chi connectivity index (χ3v) is 1.92. The molecule has 0 aromatic heterocycles. The Labute approximate surface area is 93.0 Å². The molecule has 0 heterocycles. The molecule has 4 amide bonds. The normalized spacial score (nSPS) is 9.50. The Morgan fingerprint density at radius 1 is 1.00 bits per heavy atom. The van der Waals surface area contributed by atoms with E-state index >= 15 is 0 Å². The molecular formula is C10H14N4O2. The molecule has 0 saturated heterocycles. The van der Waals surface area contributed by atoms with Gasteiger partial charge < -0.3 is 22.1 Å². The van der Waals surface area contributed by atoms with Gasteiger partial charge in [0.05, 0.1) is 0 Å². The van der Waals surface area contributed by atoms with Crippen molar-refractivity contribution in [3.05, 3.63) is 35.4 Å². The lowest BCUT2D eigenvalue weighted by Gasteiger charge is -2.06. The third-order valence-electron chi connectivity index (χ3n) is 1.92. The maximum atomic E-state index is 10.5. The van der Waals surface area contributed by atoms with E-state index in [2.05, 4.69) is 10.6 Å². The first-order chi connectivity index (χ1) is 7.58. The molecule has 0 aliphatic rings. The van der Waals surface area contributed by atoms with Gasteiger partial charge in [-0.1, -0.05) is 24.3 Å². The minimum Gasteiger partial charge on any atom is -0.352 e. The molecule has 1 aromatic carbocycles. The van der Waals surface area contributed by atoms with Gasteiger partial charge in [0, 0.05) is 13.1 Å². The topological polar surface area (TPSA) is 110 Å². The minimum atomic E-state index is -0.569. The largest absolute Gasteiger partial charge is 0.352 e. The molecule has 0 fully saturated rings. The monoisotopic (exact) mass is 222 g/mol. The standard InChI is InChI=1S/C10H14N4O2/c11-9(15)13-5-7-2-1-3-8(4-7)6-14-10(12)16/h1-4H,5-6H2,(H3,11,13,15)(H3,12,14,16). The zero-order chi connectivity index (χ0) is 12.0. The summed E-state index contributed by atoms with van der Waals surface area (Å²) in [5, 5.41) is 4.96. The Balaban J connectivity index is 2.56. The van der Waals surface area contributed by atoms with Crippen LogP contribution in [0.5, 0.6) is 0 Å². The van der Waals surface area contributed by atoms with Gasteiger partial charge in [0.15, 0.2) is 0 Å². The lowest BCUT2D eigenvalue weighted by atomic mass is 10.1. The highest BCUT2D eigenvalue weighted by Gasteiger charge is 1.98. The average molecular weight is 222 g/mol. The van der Waals surface area contributed by atoms with E-state index in [1.807, 2.05) is 24.3 Å². The Morgan fingerprint density at radius 3 is 1.81 bits per heavy atom. The van der Waals surface area contributed by atoms with Crippen molar-refractivity contribution in [1.82, 2.24) is 10.6 Å². The van der Waals surface area contributed by atoms with Crippen LogP contribution < -0.4 is 22.1 Å². The molecule has 6 nitrogen and oxygen atoms in total. The van der Waals surface area contributed by atoms with E-state index in [9.17, 15) is 9.59 Å². The van der Waals surface area contributed by atoms with E-state index in [0.717, 1.165) is 11.1 Å². The highest BCUT2D eigenvalue weighted by atomic mass is 16.2. The van der Waals surface area contributed by atoms with Gasteiger partial charge in [-0.2, -0.15) is 0 Å². The molecule has 0 spiro atoms. The van der Waals surface area contributed by atoms with Gasteiger partial charge >= 0.3 is 12.1 Å². The first-order valence-corrected chi connectivity index (χ1v) is 4.72. The summed E-state index contributed by atoms with van der Waals surface area (Å²) in [7, 11) is 0. The number of urea groups is 2. The predicted octanol–water partition coefficient (Wildman–Crippen LogP) is 0.0232. The number of rotatable bonds is 4. The summed E-state index contributed by atoms with van der Waals surface area (Å²) in [5.41, 5.74) is 11.7. The zero-order valence-corrected chi connectivity index (χ0v) is 8.69. The van der Waals surface area contributed by atoms with Gasteiger partial charge in [0.1, 0.15) is 0 Å². The fraction of sp³-hybridized carbons (Fsp3) is 0.200. The number of benzene rings is 1. The second kappa shape index (κ2) is 5.59. The molecule has 16 heavy (non-hydrogen) atoms. The molecule has 0 bridgehead atoms. The number of hydrogen-bond donors (Lipinski definition) is 4. The maximum absolute atomic E-state index is 10.5. The smallest absolute Gasteiger partial charge is 0.312 e. The van der Waals surface area contributed by atoms with Crippen LogP contribution in [0.2, 0.25) is 0 Å². The van der Waals surface area contributed by atoms with Crippen LogP contribution in [-0.2, 0) is 13.1 Å². The van der Waals surface area contributed by atoms with Gasteiger partial charge in [0.2, 0.25) is 0 Å². The lowest BCUT2D eigenvalue weighted by Crippen LogP contribution is -2.29. The summed E-state index contributed by atoms with van der Waals surface area (Å²) in [5.74, 6) is 0. The number of nitrogens with two attached hydrogens (primary N) is 2. The van der Waals surface area contributed by atoms with E-state index in [1.54, 1.807) is 0 Å². The highest BCUT2D eigenvalue weighted by molar-refractivity contribution is 5.72. The minimum absolute atomic E-state index is 0.361. The molecule has 1 rings (SSSR count). The zero-order valence-electron chi connectivity index (χ0n) is 8.69. The molecule has 0 unspecified atom stereocenters. The van der Waals surface area contributed by atoms with Gasteiger partial charge in [-0.15, -0.1) is 0 Å². The van der Waals surface area contributed by atoms with Crippen LogP contribution in [0.3, 0.4) is 0 Å². The fourth-order valence-corrected chi connectivity index (χ4v) is 1.23. The molecule has 0 aliphatic heterocycles. The van der Waals surface area contributed by atoms with Crippen molar-refractivity contribution in [2.75, 3.05) is 0 Å². The summed E-state index contributed by atoms with van der Waals surface area (Å²) >= 11 is 0. The van der Waals surface area contributed by atoms with Crippen LogP contribution in [0.1, 0.15) is 11.1 Å². The Kier molecular flexibility index (Phi) is 4.14. The average Bonchev–Trinajstić information content (AvgIpc) is 2.24. The summed E-state index contributed by atoms with van der Waals surface area (Å²) in [6.07, 6.45) is 0. The second-order valence-corrected chi connectivity index (χ2v) is 3.26. The first kappa shape index (κ1) is 11.8. The van der Waals surface area contributed by atoms with Gasteiger partial charge in [-0.3, -0.25) is 0 Å². The van der Waals surface area contributed by atoms with Crippen molar-refractivity contribution in [1.29, 1.82) is 0 Å². The number of hydrogen-bond acceptors (Lipinski definition) is 2. The summed E-state index contributed by atoms with van der Waals surface area (Å²) in [6, 6.07) is 6.25. The summed E-state index contributed by atoms with van der Waals surface area (Å²) in [4.78, 5) is 21.0. The van der Waals surface area contributed by atoms with Crippen molar-refractivity contribution < 1.29 is 9.59 Å². The van der Waals surface area contributed by atoms with Crippen LogP contribution in [0.4, 0.5) is 9.59 Å². The van der Waals surface area contributed by atoms with Gasteiger partial charge in [0.25, 0.3) is 0 Å². The first-order valence-electron chi connectivity index (χ1n) is 4.72. The highest BCUT2D eigenvalue weighted by Crippen LogP contribution is 2.04. The third kappa shape index (κ3) is 4.32. The number of carbonyl (C=O) groups excluding carboxylic acids is 2. The molecular weight excluding hydrogens is 208 g/mol. The molecule has 86 valence electrons. The van der Waals surface area contributed by atoms with E-state index in [0.29, 0.717) is 13.1 Å². The predicted molar refractivity (Wildman–Crippen MR) is 59.3 cm³/mol. The second-order valence-electron chi connectivity index (χ2n) is 3.26. The van der Waals surface area contributed by atoms with Crippen LogP contribution in [0, 0.1) is 0 Å². The van der Waals surface area contributed by atoms with Crippen molar-refractivity contribution >= 4 is 12.1 Å². The van der Waals surface area contributed by atoms with Gasteiger partial charge in [-0.05, 0) is 11.1 Å². The van der Waals surface area contributed by atoms with Crippen LogP contribution in [-0.4, -0.2) is 12.1 Å². The van der Waals surface area contributed by atoms with Gasteiger partial charge in [-0.25, -0.2) is 9.59 Å². The quantitative estimate of drug-likeness (QED) is 0.576. The van der Waals surface area contributed by atoms with Crippen LogP contribution >= 0.6 is 0 Å². The molecule has 0 saturated carbocycles. The Hall–Kier alpha value is -2.24. The molecule has 6 heteroatoms. The number of carbonyl (C=O) groups is 2. The Bertz CT molecular complexity index is 359. The van der Waals surface area contributed by atoms with E-state index in [-0.39, 0.29) is 0 Å². The summed E-state index contributed by atoms with van der Waals surface area (Å²) in [6.45, 7) is 0.722. The van der Waals surface area contributed by atoms with Crippen molar-refractivity contribution in [2.45, 2.75) is 13.1 Å². The molecule has 6 N–H and O–H groups in total.